The van der Waals surface area contributed by atoms with Gasteiger partial charge in [0.1, 0.15) is 11.6 Å². The van der Waals surface area contributed by atoms with Gasteiger partial charge in [0.25, 0.3) is 0 Å². The van der Waals surface area contributed by atoms with E-state index in [-0.39, 0.29) is 18.3 Å². The van der Waals surface area contributed by atoms with Crippen molar-refractivity contribution in [1.29, 1.82) is 5.26 Å². The van der Waals surface area contributed by atoms with Gasteiger partial charge < -0.3 is 10.5 Å². The molecule has 26 heavy (non-hydrogen) atoms. The maximum absolute atomic E-state index is 9.67. The Morgan fingerprint density at radius 1 is 1.12 bits per heavy atom. The summed E-state index contributed by atoms with van der Waals surface area (Å²) in [6, 6.07) is 19.3. The molecule has 0 saturated carbocycles. The Labute approximate surface area is 161 Å². The van der Waals surface area contributed by atoms with E-state index in [1.807, 2.05) is 48.5 Å². The minimum atomic E-state index is -0.448. The van der Waals surface area contributed by atoms with Gasteiger partial charge in [-0.2, -0.15) is 5.26 Å². The van der Waals surface area contributed by atoms with Crippen LogP contribution in [-0.4, -0.2) is 10.2 Å². The predicted octanol–water partition coefficient (Wildman–Crippen LogP) is 4.37. The van der Waals surface area contributed by atoms with Crippen LogP contribution in [0.5, 0.6) is 5.88 Å². The molecule has 7 heteroatoms. The number of hydrogen-bond donors (Lipinski definition) is 2. The molecule has 1 aliphatic rings. The van der Waals surface area contributed by atoms with Gasteiger partial charge in [-0.05, 0) is 17.2 Å². The zero-order chi connectivity index (χ0) is 17.4. The fourth-order valence-corrected chi connectivity index (χ4v) is 3.33. The van der Waals surface area contributed by atoms with Crippen molar-refractivity contribution >= 4 is 24.0 Å². The number of nitrogens with two attached hydrogens (primary N) is 1. The highest BCUT2D eigenvalue weighted by Gasteiger charge is 2.36. The smallest absolute Gasteiger partial charge is 0.244 e. The minimum Gasteiger partial charge on any atom is -0.420 e. The fraction of sp³-hybridized carbons (Fsp3) is 0.0526. The van der Waals surface area contributed by atoms with Crippen LogP contribution in [-0.2, 0) is 0 Å². The van der Waals surface area contributed by atoms with E-state index in [0.717, 1.165) is 22.4 Å². The topological polar surface area (TPSA) is 87.7 Å². The summed E-state index contributed by atoms with van der Waals surface area (Å²) in [4.78, 5) is 0. The van der Waals surface area contributed by atoms with Gasteiger partial charge in [-0.25, -0.2) is 0 Å². The predicted molar refractivity (Wildman–Crippen MR) is 102 cm³/mol. The lowest BCUT2D eigenvalue weighted by atomic mass is 9.83. The first-order valence-corrected chi connectivity index (χ1v) is 8.04. The van der Waals surface area contributed by atoms with Crippen molar-refractivity contribution in [2.24, 2.45) is 5.73 Å². The average Bonchev–Trinajstić information content (AvgIpc) is 3.05. The van der Waals surface area contributed by atoms with Gasteiger partial charge >= 0.3 is 0 Å². The van der Waals surface area contributed by atoms with Crippen molar-refractivity contribution in [2.75, 3.05) is 0 Å². The molecule has 1 aromatic heterocycles. The van der Waals surface area contributed by atoms with Crippen molar-refractivity contribution < 1.29 is 4.74 Å². The van der Waals surface area contributed by atoms with Crippen LogP contribution in [0.4, 0.5) is 0 Å². The number of nitrogens with one attached hydrogen (secondary N) is 1. The maximum Gasteiger partial charge on any atom is 0.244 e. The van der Waals surface area contributed by atoms with E-state index in [0.29, 0.717) is 16.5 Å². The molecule has 3 aromatic rings. The zero-order valence-electron chi connectivity index (χ0n) is 13.4. The molecular formula is C19H14Cl2N4O. The van der Waals surface area contributed by atoms with Crippen LogP contribution in [0.25, 0.3) is 11.3 Å². The largest absolute Gasteiger partial charge is 0.420 e. The third kappa shape index (κ3) is 2.80. The molecular weight excluding hydrogens is 371 g/mol. The fourth-order valence-electron chi connectivity index (χ4n) is 3.09. The van der Waals surface area contributed by atoms with Crippen LogP contribution < -0.4 is 10.5 Å². The number of halogens is 2. The molecule has 130 valence electrons. The standard InChI is InChI=1S/C19H13ClN4O.ClH/c20-14-9-5-4-8-12(14)15-13(10-21)18(22)25-19-16(15)17(23-24-19)11-6-2-1-3-7-11;/h1-9,15H,22H2,(H,23,24);1H. The van der Waals surface area contributed by atoms with E-state index in [1.165, 1.54) is 0 Å². The molecule has 0 amide bonds. The minimum absolute atomic E-state index is 0. The van der Waals surface area contributed by atoms with Crippen LogP contribution in [0.3, 0.4) is 0 Å². The Kier molecular flexibility index (Phi) is 4.90. The Morgan fingerprint density at radius 2 is 1.81 bits per heavy atom. The molecule has 2 heterocycles. The molecule has 0 bridgehead atoms. The lowest BCUT2D eigenvalue weighted by molar-refractivity contribution is 0.379. The van der Waals surface area contributed by atoms with Crippen molar-refractivity contribution in [2.45, 2.75) is 5.92 Å². The molecule has 1 unspecified atom stereocenters. The number of H-pyrrole nitrogens is 1. The van der Waals surface area contributed by atoms with Crippen molar-refractivity contribution in [3.63, 3.8) is 0 Å². The molecule has 1 atom stereocenters. The lowest BCUT2D eigenvalue weighted by Gasteiger charge is -2.24. The van der Waals surface area contributed by atoms with Crippen LogP contribution in [0.2, 0.25) is 5.02 Å². The van der Waals surface area contributed by atoms with Gasteiger partial charge in [0.15, 0.2) is 0 Å². The number of aromatic amines is 1. The number of nitrogens with zero attached hydrogens (tertiary/aromatic N) is 2. The number of ether oxygens (including phenoxy) is 1. The quantitative estimate of drug-likeness (QED) is 0.686. The van der Waals surface area contributed by atoms with E-state index in [4.69, 9.17) is 22.1 Å². The highest BCUT2D eigenvalue weighted by atomic mass is 35.5. The summed E-state index contributed by atoms with van der Waals surface area (Å²) in [5, 5.41) is 17.5. The lowest BCUT2D eigenvalue weighted by Crippen LogP contribution is -2.21. The monoisotopic (exact) mass is 384 g/mol. The maximum atomic E-state index is 9.67. The van der Waals surface area contributed by atoms with Gasteiger partial charge in [-0.15, -0.1) is 17.5 Å². The van der Waals surface area contributed by atoms with E-state index in [9.17, 15) is 5.26 Å². The third-order valence-corrected chi connectivity index (χ3v) is 4.56. The van der Waals surface area contributed by atoms with Gasteiger partial charge in [-0.1, -0.05) is 60.1 Å². The summed E-state index contributed by atoms with van der Waals surface area (Å²) in [6.07, 6.45) is 0. The first-order chi connectivity index (χ1) is 12.2. The molecule has 5 nitrogen and oxygen atoms in total. The Morgan fingerprint density at radius 3 is 2.50 bits per heavy atom. The summed E-state index contributed by atoms with van der Waals surface area (Å²) in [7, 11) is 0. The number of benzene rings is 2. The Hall–Kier alpha value is -2.94. The summed E-state index contributed by atoms with van der Waals surface area (Å²) in [5.41, 5.74) is 9.54. The van der Waals surface area contributed by atoms with Gasteiger partial charge in [0.2, 0.25) is 11.8 Å². The molecule has 0 radical (unpaired) electrons. The second kappa shape index (κ2) is 7.12. The van der Waals surface area contributed by atoms with Crippen LogP contribution in [0.15, 0.2) is 66.1 Å². The molecule has 0 aliphatic carbocycles. The van der Waals surface area contributed by atoms with Gasteiger partial charge in [0.05, 0.1) is 17.2 Å². The van der Waals surface area contributed by atoms with E-state index < -0.39 is 5.92 Å². The Balaban J connectivity index is 0.00000196. The molecule has 4 rings (SSSR count). The Bertz CT molecular complexity index is 1020. The number of nitriles is 1. The van der Waals surface area contributed by atoms with Crippen LogP contribution >= 0.6 is 24.0 Å². The van der Waals surface area contributed by atoms with Gasteiger partial charge in [0, 0.05) is 5.02 Å². The van der Waals surface area contributed by atoms with Crippen molar-refractivity contribution in [3.05, 3.63) is 82.2 Å². The molecule has 3 N–H and O–H groups in total. The molecule has 0 saturated heterocycles. The number of allylic oxidation sites excluding steroid dienone is 1. The van der Waals surface area contributed by atoms with Gasteiger partial charge in [-0.3, -0.25) is 5.10 Å². The molecule has 0 spiro atoms. The number of aromatic nitrogens is 2. The summed E-state index contributed by atoms with van der Waals surface area (Å²) < 4.78 is 5.58. The summed E-state index contributed by atoms with van der Waals surface area (Å²) in [5.74, 6) is -0.0392. The summed E-state index contributed by atoms with van der Waals surface area (Å²) >= 11 is 6.42. The number of fused-ring (bicyclic) bond motifs is 1. The third-order valence-electron chi connectivity index (χ3n) is 4.22. The first kappa shape index (κ1) is 17.9. The highest BCUT2D eigenvalue weighted by Crippen LogP contribution is 2.46. The average molecular weight is 385 g/mol. The number of hydrogen-bond acceptors (Lipinski definition) is 4. The first-order valence-electron chi connectivity index (χ1n) is 7.66. The van der Waals surface area contributed by atoms with Crippen molar-refractivity contribution in [3.8, 4) is 23.2 Å². The zero-order valence-corrected chi connectivity index (χ0v) is 15.0. The molecule has 2 aromatic carbocycles. The number of rotatable bonds is 2. The normalized spacial score (nSPS) is 15.5. The highest BCUT2D eigenvalue weighted by molar-refractivity contribution is 6.31. The van der Waals surface area contributed by atoms with E-state index in [1.54, 1.807) is 6.07 Å². The van der Waals surface area contributed by atoms with Crippen molar-refractivity contribution in [1.82, 2.24) is 10.2 Å². The second-order valence-electron chi connectivity index (χ2n) is 5.63. The van der Waals surface area contributed by atoms with E-state index in [2.05, 4.69) is 16.3 Å². The van der Waals surface area contributed by atoms with Crippen LogP contribution in [0.1, 0.15) is 17.0 Å². The SMILES string of the molecule is Cl.N#CC1=C(N)Oc2n[nH]c(-c3ccccc3)c2C1c1ccccc1Cl. The summed E-state index contributed by atoms with van der Waals surface area (Å²) in [6.45, 7) is 0. The second-order valence-corrected chi connectivity index (χ2v) is 6.04. The molecule has 0 fully saturated rings. The van der Waals surface area contributed by atoms with E-state index >= 15 is 0 Å². The molecule has 1 aliphatic heterocycles. The van der Waals surface area contributed by atoms with Crippen LogP contribution in [0, 0.1) is 11.3 Å².